The molecule has 1 aromatic carbocycles. The van der Waals surface area contributed by atoms with E-state index in [0.29, 0.717) is 22.9 Å². The summed E-state index contributed by atoms with van der Waals surface area (Å²) in [6.07, 6.45) is 6.74. The van der Waals surface area contributed by atoms with Gasteiger partial charge in [0.25, 0.3) is 0 Å². The van der Waals surface area contributed by atoms with Gasteiger partial charge in [0.15, 0.2) is 0 Å². The number of amides is 1. The van der Waals surface area contributed by atoms with Crippen molar-refractivity contribution in [2.45, 2.75) is 25.8 Å². The lowest BCUT2D eigenvalue weighted by Gasteiger charge is -2.20. The van der Waals surface area contributed by atoms with Crippen LogP contribution in [-0.2, 0) is 11.3 Å². The highest BCUT2D eigenvalue weighted by Crippen LogP contribution is 2.23. The van der Waals surface area contributed by atoms with Gasteiger partial charge >= 0.3 is 0 Å². The van der Waals surface area contributed by atoms with Gasteiger partial charge in [0.05, 0.1) is 0 Å². The van der Waals surface area contributed by atoms with Gasteiger partial charge in [0.1, 0.15) is 5.82 Å². The lowest BCUT2D eigenvalue weighted by atomic mass is 10.0. The lowest BCUT2D eigenvalue weighted by Crippen LogP contribution is -2.28. The van der Waals surface area contributed by atoms with Crippen LogP contribution in [0.3, 0.4) is 0 Å². The predicted molar refractivity (Wildman–Crippen MR) is 74.4 cm³/mol. The smallest absolute Gasteiger partial charge is 0.223 e. The topological polar surface area (TPSA) is 20.3 Å². The van der Waals surface area contributed by atoms with E-state index < -0.39 is 0 Å². The minimum absolute atomic E-state index is 0.0240. The predicted octanol–water partition coefficient (Wildman–Crippen LogP) is 3.79. The first kappa shape index (κ1) is 14.1. The molecule has 0 fully saturated rings. The van der Waals surface area contributed by atoms with E-state index in [0.717, 1.165) is 12.8 Å². The van der Waals surface area contributed by atoms with Gasteiger partial charge in [0.2, 0.25) is 5.91 Å². The minimum atomic E-state index is -0.368. The van der Waals surface area contributed by atoms with Crippen LogP contribution >= 0.6 is 11.6 Å². The summed E-state index contributed by atoms with van der Waals surface area (Å²) in [5.74, 6) is -0.0187. The standard InChI is InChI=1S/C15H17ClFNO/c1-18(15(19)9-11-5-2-3-6-11)10-12-13(16)7-4-8-14(12)17/h2,4-5,7-8,11H,3,6,9-10H2,1H3. The van der Waals surface area contributed by atoms with Gasteiger partial charge in [-0.15, -0.1) is 0 Å². The van der Waals surface area contributed by atoms with Crippen LogP contribution in [0.15, 0.2) is 30.4 Å². The molecule has 1 aliphatic rings. The summed E-state index contributed by atoms with van der Waals surface area (Å²) in [4.78, 5) is 13.6. The van der Waals surface area contributed by atoms with Crippen molar-refractivity contribution in [1.82, 2.24) is 4.90 Å². The third kappa shape index (κ3) is 3.57. The second-order valence-electron chi connectivity index (χ2n) is 4.92. The zero-order valence-electron chi connectivity index (χ0n) is 10.9. The molecule has 1 aliphatic carbocycles. The largest absolute Gasteiger partial charge is 0.341 e. The van der Waals surface area contributed by atoms with E-state index in [1.807, 2.05) is 0 Å². The van der Waals surface area contributed by atoms with Gasteiger partial charge < -0.3 is 4.90 Å². The molecule has 0 N–H and O–H groups in total. The second kappa shape index (κ2) is 6.20. The summed E-state index contributed by atoms with van der Waals surface area (Å²) < 4.78 is 13.6. The van der Waals surface area contributed by atoms with Crippen LogP contribution in [0.1, 0.15) is 24.8 Å². The van der Waals surface area contributed by atoms with Gasteiger partial charge in [-0.1, -0.05) is 29.8 Å². The van der Waals surface area contributed by atoms with E-state index in [2.05, 4.69) is 12.2 Å². The number of nitrogens with zero attached hydrogens (tertiary/aromatic N) is 1. The maximum atomic E-state index is 13.6. The molecule has 1 aromatic rings. The molecule has 102 valence electrons. The van der Waals surface area contributed by atoms with Crippen molar-refractivity contribution in [2.75, 3.05) is 7.05 Å². The van der Waals surface area contributed by atoms with Crippen molar-refractivity contribution < 1.29 is 9.18 Å². The summed E-state index contributed by atoms with van der Waals surface area (Å²) in [6, 6.07) is 4.56. The zero-order valence-corrected chi connectivity index (χ0v) is 11.7. The fourth-order valence-electron chi connectivity index (χ4n) is 2.25. The average Bonchev–Trinajstić information content (AvgIpc) is 2.86. The Labute approximate surface area is 117 Å². The maximum Gasteiger partial charge on any atom is 0.223 e. The number of benzene rings is 1. The molecule has 4 heteroatoms. The van der Waals surface area contributed by atoms with Gasteiger partial charge in [-0.25, -0.2) is 4.39 Å². The highest BCUT2D eigenvalue weighted by molar-refractivity contribution is 6.31. The van der Waals surface area contributed by atoms with E-state index in [-0.39, 0.29) is 18.3 Å². The fourth-order valence-corrected chi connectivity index (χ4v) is 2.48. The first-order chi connectivity index (χ1) is 9.08. The molecule has 2 nitrogen and oxygen atoms in total. The molecule has 0 bridgehead atoms. The molecular weight excluding hydrogens is 265 g/mol. The monoisotopic (exact) mass is 281 g/mol. The zero-order chi connectivity index (χ0) is 13.8. The molecule has 0 aliphatic heterocycles. The van der Waals surface area contributed by atoms with Gasteiger partial charge in [-0.05, 0) is 30.9 Å². The summed E-state index contributed by atoms with van der Waals surface area (Å²) in [6.45, 7) is 0.209. The third-order valence-corrected chi connectivity index (χ3v) is 3.79. The minimum Gasteiger partial charge on any atom is -0.341 e. The lowest BCUT2D eigenvalue weighted by molar-refractivity contribution is -0.131. The highest BCUT2D eigenvalue weighted by Gasteiger charge is 2.18. The van der Waals surface area contributed by atoms with Crippen molar-refractivity contribution in [3.63, 3.8) is 0 Å². The Bertz CT molecular complexity index is 481. The fraction of sp³-hybridized carbons (Fsp3) is 0.400. The Morgan fingerprint density at radius 2 is 2.32 bits per heavy atom. The third-order valence-electron chi connectivity index (χ3n) is 3.43. The van der Waals surface area contributed by atoms with Gasteiger partial charge in [-0.3, -0.25) is 4.79 Å². The van der Waals surface area contributed by atoms with E-state index in [4.69, 9.17) is 11.6 Å². The van der Waals surface area contributed by atoms with Crippen LogP contribution in [0.25, 0.3) is 0 Å². The Kier molecular flexibility index (Phi) is 4.59. The molecule has 1 unspecified atom stereocenters. The molecule has 19 heavy (non-hydrogen) atoms. The van der Waals surface area contributed by atoms with Crippen LogP contribution in [0, 0.1) is 11.7 Å². The van der Waals surface area contributed by atoms with Crippen LogP contribution in [0.4, 0.5) is 4.39 Å². The molecule has 0 saturated carbocycles. The van der Waals surface area contributed by atoms with E-state index >= 15 is 0 Å². The van der Waals surface area contributed by atoms with Crippen molar-refractivity contribution in [2.24, 2.45) is 5.92 Å². The Hall–Kier alpha value is -1.35. The summed E-state index contributed by atoms with van der Waals surface area (Å²) in [7, 11) is 1.68. The molecule has 0 heterocycles. The quantitative estimate of drug-likeness (QED) is 0.769. The number of carbonyl (C=O) groups excluding carboxylic acids is 1. The van der Waals surface area contributed by atoms with E-state index in [1.54, 1.807) is 19.2 Å². The molecule has 0 radical (unpaired) electrons. The number of hydrogen-bond acceptors (Lipinski definition) is 1. The normalized spacial score (nSPS) is 17.7. The first-order valence-electron chi connectivity index (χ1n) is 6.41. The van der Waals surface area contributed by atoms with E-state index in [1.165, 1.54) is 11.0 Å². The summed E-state index contributed by atoms with van der Waals surface area (Å²) >= 11 is 5.96. The van der Waals surface area contributed by atoms with Crippen LogP contribution in [-0.4, -0.2) is 17.9 Å². The first-order valence-corrected chi connectivity index (χ1v) is 6.79. The number of allylic oxidation sites excluding steroid dienone is 2. The van der Waals surface area contributed by atoms with Crippen LogP contribution in [0.2, 0.25) is 5.02 Å². The molecule has 2 rings (SSSR count). The summed E-state index contributed by atoms with van der Waals surface area (Å²) in [5, 5.41) is 0.361. The number of halogens is 2. The molecule has 0 saturated heterocycles. The second-order valence-corrected chi connectivity index (χ2v) is 5.33. The van der Waals surface area contributed by atoms with Crippen LogP contribution < -0.4 is 0 Å². The summed E-state index contributed by atoms with van der Waals surface area (Å²) in [5.41, 5.74) is 0.377. The number of carbonyl (C=O) groups is 1. The average molecular weight is 282 g/mol. The Morgan fingerprint density at radius 1 is 1.53 bits per heavy atom. The Balaban J connectivity index is 1.98. The van der Waals surface area contributed by atoms with Gasteiger partial charge in [0, 0.05) is 30.6 Å². The number of rotatable bonds is 4. The van der Waals surface area contributed by atoms with E-state index in [9.17, 15) is 9.18 Å². The molecular formula is C15H17ClFNO. The SMILES string of the molecule is CN(Cc1c(F)cccc1Cl)C(=O)CC1C=CCC1. The van der Waals surface area contributed by atoms with Crippen LogP contribution in [0.5, 0.6) is 0 Å². The molecule has 0 aromatic heterocycles. The van der Waals surface area contributed by atoms with Gasteiger partial charge in [-0.2, -0.15) is 0 Å². The van der Waals surface area contributed by atoms with Crippen molar-refractivity contribution in [3.05, 3.63) is 46.8 Å². The van der Waals surface area contributed by atoms with Crippen molar-refractivity contribution in [3.8, 4) is 0 Å². The Morgan fingerprint density at radius 3 is 2.95 bits per heavy atom. The number of hydrogen-bond donors (Lipinski definition) is 0. The van der Waals surface area contributed by atoms with Crippen molar-refractivity contribution in [1.29, 1.82) is 0 Å². The molecule has 0 spiro atoms. The molecule has 1 atom stereocenters. The van der Waals surface area contributed by atoms with Crippen molar-refractivity contribution >= 4 is 17.5 Å². The molecule has 1 amide bonds. The highest BCUT2D eigenvalue weighted by atomic mass is 35.5. The maximum absolute atomic E-state index is 13.6.